The van der Waals surface area contributed by atoms with Crippen LogP contribution in [-0.2, 0) is 0 Å². The molecule has 9 heteroatoms. The Morgan fingerprint density at radius 2 is 1.97 bits per heavy atom. The third-order valence-electron chi connectivity index (χ3n) is 4.89. The number of halogens is 1. The van der Waals surface area contributed by atoms with E-state index >= 15 is 0 Å². The fourth-order valence-corrected chi connectivity index (χ4v) is 4.52. The molecular formula is C20H17ClN6OS. The maximum absolute atomic E-state index is 12.9. The van der Waals surface area contributed by atoms with Gasteiger partial charge in [0.25, 0.3) is 5.91 Å². The van der Waals surface area contributed by atoms with Gasteiger partial charge in [0, 0.05) is 43.6 Å². The molecule has 0 N–H and O–H groups in total. The van der Waals surface area contributed by atoms with Crippen molar-refractivity contribution < 1.29 is 4.79 Å². The van der Waals surface area contributed by atoms with Crippen LogP contribution in [-0.4, -0.2) is 56.7 Å². The molecule has 4 heterocycles. The van der Waals surface area contributed by atoms with E-state index in [1.54, 1.807) is 34.6 Å². The average Bonchev–Trinajstić information content (AvgIpc) is 3.41. The van der Waals surface area contributed by atoms with Crippen LogP contribution < -0.4 is 4.90 Å². The highest BCUT2D eigenvalue weighted by atomic mass is 35.5. The van der Waals surface area contributed by atoms with Gasteiger partial charge in [-0.2, -0.15) is 5.10 Å². The second kappa shape index (κ2) is 7.46. The van der Waals surface area contributed by atoms with Gasteiger partial charge in [-0.3, -0.25) is 4.79 Å². The number of thiazole rings is 1. The summed E-state index contributed by atoms with van der Waals surface area (Å²) in [7, 11) is 0. The number of hydrogen-bond donors (Lipinski definition) is 0. The van der Waals surface area contributed by atoms with Gasteiger partial charge in [-0.1, -0.05) is 29.0 Å². The van der Waals surface area contributed by atoms with Crippen LogP contribution in [0.3, 0.4) is 0 Å². The zero-order chi connectivity index (χ0) is 19.8. The largest absolute Gasteiger partial charge is 0.344 e. The molecule has 1 amide bonds. The van der Waals surface area contributed by atoms with Crippen LogP contribution in [0.15, 0.2) is 55.0 Å². The lowest BCUT2D eigenvalue weighted by Gasteiger charge is -2.34. The summed E-state index contributed by atoms with van der Waals surface area (Å²) in [5, 5.41) is 5.90. The number of benzene rings is 1. The highest BCUT2D eigenvalue weighted by Gasteiger charge is 2.25. The van der Waals surface area contributed by atoms with Crippen molar-refractivity contribution in [3.63, 3.8) is 0 Å². The molecule has 146 valence electrons. The molecule has 5 rings (SSSR count). The topological polar surface area (TPSA) is 67.2 Å². The number of rotatable bonds is 3. The van der Waals surface area contributed by atoms with Crippen LogP contribution in [0.2, 0.25) is 5.02 Å². The number of carbonyl (C=O) groups excluding carboxylic acids is 1. The molecule has 1 aliphatic heterocycles. The van der Waals surface area contributed by atoms with Gasteiger partial charge in [-0.05, 0) is 30.3 Å². The van der Waals surface area contributed by atoms with Crippen molar-refractivity contribution in [1.29, 1.82) is 0 Å². The lowest BCUT2D eigenvalue weighted by Crippen LogP contribution is -2.48. The Balaban J connectivity index is 1.26. The first-order chi connectivity index (χ1) is 14.2. The van der Waals surface area contributed by atoms with Gasteiger partial charge in [0.05, 0.1) is 17.4 Å². The van der Waals surface area contributed by atoms with E-state index in [-0.39, 0.29) is 5.91 Å². The number of fused-ring (bicyclic) bond motifs is 1. The van der Waals surface area contributed by atoms with Crippen LogP contribution >= 0.6 is 22.9 Å². The average molecular weight is 425 g/mol. The van der Waals surface area contributed by atoms with Gasteiger partial charge in [0.15, 0.2) is 5.13 Å². The van der Waals surface area contributed by atoms with E-state index in [1.807, 2.05) is 41.3 Å². The van der Waals surface area contributed by atoms with Crippen LogP contribution in [0.25, 0.3) is 16.0 Å². The zero-order valence-corrected chi connectivity index (χ0v) is 17.0. The Hall–Kier alpha value is -2.97. The highest BCUT2D eigenvalue weighted by Crippen LogP contribution is 2.27. The molecule has 0 saturated carbocycles. The molecule has 3 aromatic heterocycles. The van der Waals surface area contributed by atoms with Crippen molar-refractivity contribution in [2.45, 2.75) is 0 Å². The normalized spacial score (nSPS) is 14.5. The number of pyridine rings is 1. The van der Waals surface area contributed by atoms with E-state index in [4.69, 9.17) is 11.6 Å². The summed E-state index contributed by atoms with van der Waals surface area (Å²) in [6.45, 7) is 2.77. The Labute approximate surface area is 176 Å². The van der Waals surface area contributed by atoms with Crippen LogP contribution in [0.4, 0.5) is 5.13 Å². The molecule has 29 heavy (non-hydrogen) atoms. The molecule has 1 aliphatic rings. The first kappa shape index (κ1) is 18.1. The molecular weight excluding hydrogens is 408 g/mol. The van der Waals surface area contributed by atoms with E-state index in [0.717, 1.165) is 34.3 Å². The van der Waals surface area contributed by atoms with Gasteiger partial charge < -0.3 is 9.80 Å². The molecule has 1 saturated heterocycles. The van der Waals surface area contributed by atoms with Crippen molar-refractivity contribution >= 4 is 44.3 Å². The van der Waals surface area contributed by atoms with Gasteiger partial charge in [-0.25, -0.2) is 14.6 Å². The van der Waals surface area contributed by atoms with Crippen molar-refractivity contribution in [1.82, 2.24) is 24.6 Å². The zero-order valence-electron chi connectivity index (χ0n) is 15.4. The fourth-order valence-electron chi connectivity index (χ4n) is 3.37. The fraction of sp³-hybridized carbons (Fsp3) is 0.200. The molecule has 7 nitrogen and oxygen atoms in total. The summed E-state index contributed by atoms with van der Waals surface area (Å²) in [6.07, 6.45) is 5.14. The monoisotopic (exact) mass is 424 g/mol. The molecule has 0 aliphatic carbocycles. The third kappa shape index (κ3) is 3.56. The van der Waals surface area contributed by atoms with E-state index in [1.165, 1.54) is 0 Å². The minimum atomic E-state index is -0.0103. The standard InChI is InChI=1S/C20H17ClN6OS/c21-15-3-1-4-16(11-15)27-13-14(12-23-27)19(28)25-7-9-26(10-8-25)20-24-17-5-2-6-22-18(17)29-20/h1-6,11-13H,7-10H2. The first-order valence-corrected chi connectivity index (χ1v) is 10.4. The van der Waals surface area contributed by atoms with E-state index < -0.39 is 0 Å². The third-order valence-corrected chi connectivity index (χ3v) is 6.17. The lowest BCUT2D eigenvalue weighted by atomic mass is 10.2. The second-order valence-corrected chi connectivity index (χ2v) is 8.15. The van der Waals surface area contributed by atoms with Crippen molar-refractivity contribution in [3.05, 3.63) is 65.6 Å². The molecule has 1 aromatic carbocycles. The maximum atomic E-state index is 12.9. The number of piperazine rings is 1. The second-order valence-electron chi connectivity index (χ2n) is 6.76. The predicted molar refractivity (Wildman–Crippen MR) is 114 cm³/mol. The Morgan fingerprint density at radius 3 is 2.76 bits per heavy atom. The SMILES string of the molecule is O=C(c1cnn(-c2cccc(Cl)c2)c1)N1CCN(c2nc3cccnc3s2)CC1. The predicted octanol–water partition coefficient (Wildman–Crippen LogP) is 3.49. The van der Waals surface area contributed by atoms with Gasteiger partial charge in [0.1, 0.15) is 10.3 Å². The number of anilines is 1. The molecule has 0 bridgehead atoms. The minimum absolute atomic E-state index is 0.0103. The van der Waals surface area contributed by atoms with Crippen molar-refractivity contribution in [2.75, 3.05) is 31.1 Å². The summed E-state index contributed by atoms with van der Waals surface area (Å²) >= 11 is 7.63. The first-order valence-electron chi connectivity index (χ1n) is 9.24. The highest BCUT2D eigenvalue weighted by molar-refractivity contribution is 7.21. The van der Waals surface area contributed by atoms with E-state index in [9.17, 15) is 4.79 Å². The number of hydrogen-bond acceptors (Lipinski definition) is 6. The van der Waals surface area contributed by atoms with Gasteiger partial charge in [-0.15, -0.1) is 0 Å². The Bertz CT molecular complexity index is 1150. The lowest BCUT2D eigenvalue weighted by molar-refractivity contribution is 0.0747. The van der Waals surface area contributed by atoms with E-state index in [2.05, 4.69) is 20.0 Å². The molecule has 1 fully saturated rings. The van der Waals surface area contributed by atoms with E-state index in [0.29, 0.717) is 23.7 Å². The minimum Gasteiger partial charge on any atom is -0.344 e. The van der Waals surface area contributed by atoms with Gasteiger partial charge >= 0.3 is 0 Å². The Morgan fingerprint density at radius 1 is 1.10 bits per heavy atom. The number of amides is 1. The van der Waals surface area contributed by atoms with Crippen molar-refractivity contribution in [3.8, 4) is 5.69 Å². The van der Waals surface area contributed by atoms with Crippen LogP contribution in [0.1, 0.15) is 10.4 Å². The van der Waals surface area contributed by atoms with Crippen LogP contribution in [0.5, 0.6) is 0 Å². The molecule has 0 unspecified atom stereocenters. The number of carbonyl (C=O) groups is 1. The molecule has 0 radical (unpaired) electrons. The molecule has 4 aromatic rings. The quantitative estimate of drug-likeness (QED) is 0.503. The summed E-state index contributed by atoms with van der Waals surface area (Å²) in [5.41, 5.74) is 2.31. The smallest absolute Gasteiger partial charge is 0.257 e. The molecule has 0 atom stereocenters. The van der Waals surface area contributed by atoms with Gasteiger partial charge in [0.2, 0.25) is 0 Å². The molecule has 0 spiro atoms. The number of aromatic nitrogens is 4. The number of nitrogens with zero attached hydrogens (tertiary/aromatic N) is 6. The summed E-state index contributed by atoms with van der Waals surface area (Å²) in [6, 6.07) is 11.2. The summed E-state index contributed by atoms with van der Waals surface area (Å²) in [4.78, 5) is 26.9. The Kier molecular flexibility index (Phi) is 4.65. The van der Waals surface area contributed by atoms with Crippen molar-refractivity contribution in [2.24, 2.45) is 0 Å². The summed E-state index contributed by atoms with van der Waals surface area (Å²) in [5.74, 6) is -0.0103. The maximum Gasteiger partial charge on any atom is 0.257 e. The summed E-state index contributed by atoms with van der Waals surface area (Å²) < 4.78 is 1.67. The van der Waals surface area contributed by atoms with Crippen LogP contribution in [0, 0.1) is 0 Å².